The molecule has 1 aliphatic rings. The number of amides is 2. The number of rotatable bonds is 4. The van der Waals surface area contributed by atoms with Gasteiger partial charge in [-0.3, -0.25) is 9.59 Å². The fourth-order valence-corrected chi connectivity index (χ4v) is 3.21. The molecule has 0 radical (unpaired) electrons. The van der Waals surface area contributed by atoms with Crippen molar-refractivity contribution in [2.24, 2.45) is 5.92 Å². The third-order valence-electron chi connectivity index (χ3n) is 4.69. The first-order valence-corrected chi connectivity index (χ1v) is 8.77. The van der Waals surface area contributed by atoms with Crippen LogP contribution in [0, 0.1) is 12.8 Å². The van der Waals surface area contributed by atoms with Crippen molar-refractivity contribution in [3.8, 4) is 11.3 Å². The van der Waals surface area contributed by atoms with Crippen LogP contribution in [-0.4, -0.2) is 23.3 Å². The van der Waals surface area contributed by atoms with Crippen LogP contribution in [0.5, 0.6) is 0 Å². The highest BCUT2D eigenvalue weighted by Gasteiger charge is 2.35. The first-order valence-electron chi connectivity index (χ1n) is 8.77. The number of hydrogen-bond acceptors (Lipinski definition) is 4. The SMILES string of the molecule is Cc1ccc(N2CC(C(=O)Nc3cccc(-c4cnco4)c3)CC2=O)cc1. The lowest BCUT2D eigenvalue weighted by Gasteiger charge is -2.17. The Hall–Kier alpha value is -3.41. The Morgan fingerprint density at radius 3 is 2.78 bits per heavy atom. The Morgan fingerprint density at radius 2 is 2.04 bits per heavy atom. The normalized spacial score (nSPS) is 16.6. The molecular weight excluding hydrogens is 342 g/mol. The van der Waals surface area contributed by atoms with Crippen LogP contribution in [0.15, 0.2) is 65.5 Å². The summed E-state index contributed by atoms with van der Waals surface area (Å²) in [6.07, 6.45) is 3.20. The maximum atomic E-state index is 12.7. The zero-order valence-electron chi connectivity index (χ0n) is 14.9. The quantitative estimate of drug-likeness (QED) is 0.770. The van der Waals surface area contributed by atoms with Crippen LogP contribution in [0.4, 0.5) is 11.4 Å². The molecule has 4 rings (SSSR count). The molecule has 2 aromatic carbocycles. The summed E-state index contributed by atoms with van der Waals surface area (Å²) in [6.45, 7) is 2.38. The van der Waals surface area contributed by atoms with E-state index in [1.54, 1.807) is 11.1 Å². The number of nitrogens with one attached hydrogen (secondary N) is 1. The van der Waals surface area contributed by atoms with Gasteiger partial charge in [-0.25, -0.2) is 4.98 Å². The van der Waals surface area contributed by atoms with E-state index in [0.717, 1.165) is 16.8 Å². The van der Waals surface area contributed by atoms with Gasteiger partial charge >= 0.3 is 0 Å². The molecule has 1 saturated heterocycles. The van der Waals surface area contributed by atoms with Crippen LogP contribution in [0.3, 0.4) is 0 Å². The Labute approximate surface area is 156 Å². The molecule has 0 saturated carbocycles. The molecule has 3 aromatic rings. The number of carbonyl (C=O) groups excluding carboxylic acids is 2. The number of hydrogen-bond donors (Lipinski definition) is 1. The number of aromatic nitrogens is 1. The molecule has 136 valence electrons. The summed E-state index contributed by atoms with van der Waals surface area (Å²) in [5, 5.41) is 2.91. The maximum absolute atomic E-state index is 12.7. The lowest BCUT2D eigenvalue weighted by molar-refractivity contribution is -0.122. The van der Waals surface area contributed by atoms with Crippen molar-refractivity contribution in [2.45, 2.75) is 13.3 Å². The van der Waals surface area contributed by atoms with Crippen molar-refractivity contribution in [2.75, 3.05) is 16.8 Å². The monoisotopic (exact) mass is 361 g/mol. The summed E-state index contributed by atoms with van der Waals surface area (Å²) < 4.78 is 5.29. The van der Waals surface area contributed by atoms with Crippen LogP contribution in [0.2, 0.25) is 0 Å². The van der Waals surface area contributed by atoms with Gasteiger partial charge in [0.05, 0.1) is 12.1 Å². The van der Waals surface area contributed by atoms with E-state index in [1.165, 1.54) is 6.39 Å². The minimum absolute atomic E-state index is 0.0330. The standard InChI is InChI=1S/C21H19N3O3/c1-14-5-7-18(8-6-14)24-12-16(10-20(24)25)21(26)23-17-4-2-3-15(9-17)19-11-22-13-27-19/h2-9,11,13,16H,10,12H2,1H3,(H,23,26). The minimum Gasteiger partial charge on any atom is -0.444 e. The van der Waals surface area contributed by atoms with Gasteiger partial charge in [-0.15, -0.1) is 0 Å². The van der Waals surface area contributed by atoms with Gasteiger partial charge < -0.3 is 14.6 Å². The molecule has 0 aliphatic carbocycles. The van der Waals surface area contributed by atoms with Gasteiger partial charge in [0.1, 0.15) is 0 Å². The lowest BCUT2D eigenvalue weighted by Crippen LogP contribution is -2.28. The zero-order chi connectivity index (χ0) is 18.8. The Bertz CT molecular complexity index is 965. The van der Waals surface area contributed by atoms with E-state index in [-0.39, 0.29) is 24.2 Å². The first-order chi connectivity index (χ1) is 13.1. The summed E-state index contributed by atoms with van der Waals surface area (Å²) >= 11 is 0. The van der Waals surface area contributed by atoms with Crippen LogP contribution < -0.4 is 10.2 Å². The van der Waals surface area contributed by atoms with Gasteiger partial charge in [0.15, 0.2) is 12.2 Å². The number of benzene rings is 2. The van der Waals surface area contributed by atoms with E-state index < -0.39 is 0 Å². The predicted octanol–water partition coefficient (Wildman–Crippen LogP) is 3.64. The molecule has 1 fully saturated rings. The Kier molecular flexibility index (Phi) is 4.46. The Balaban J connectivity index is 1.45. The molecule has 0 bridgehead atoms. The number of aryl methyl sites for hydroxylation is 1. The highest BCUT2D eigenvalue weighted by Crippen LogP contribution is 2.27. The fourth-order valence-electron chi connectivity index (χ4n) is 3.21. The maximum Gasteiger partial charge on any atom is 0.229 e. The van der Waals surface area contributed by atoms with Gasteiger partial charge in [0.25, 0.3) is 0 Å². The van der Waals surface area contributed by atoms with Crippen molar-refractivity contribution in [3.05, 3.63) is 66.7 Å². The number of carbonyl (C=O) groups is 2. The average molecular weight is 361 g/mol. The second kappa shape index (κ2) is 7.07. The molecule has 0 spiro atoms. The van der Waals surface area contributed by atoms with Crippen molar-refractivity contribution in [3.63, 3.8) is 0 Å². The van der Waals surface area contributed by atoms with Crippen molar-refractivity contribution in [1.29, 1.82) is 0 Å². The third kappa shape index (κ3) is 3.60. The van der Waals surface area contributed by atoms with E-state index in [9.17, 15) is 9.59 Å². The number of anilines is 2. The highest BCUT2D eigenvalue weighted by atomic mass is 16.3. The summed E-state index contributed by atoms with van der Waals surface area (Å²) in [6, 6.07) is 15.1. The average Bonchev–Trinajstić information content (AvgIpc) is 3.33. The van der Waals surface area contributed by atoms with Crippen LogP contribution in [0.1, 0.15) is 12.0 Å². The van der Waals surface area contributed by atoms with Gasteiger partial charge in [-0.05, 0) is 31.2 Å². The molecular formula is C21H19N3O3. The molecule has 27 heavy (non-hydrogen) atoms. The van der Waals surface area contributed by atoms with Crippen LogP contribution >= 0.6 is 0 Å². The van der Waals surface area contributed by atoms with Gasteiger partial charge in [0.2, 0.25) is 11.8 Å². The number of nitrogens with zero attached hydrogens (tertiary/aromatic N) is 2. The van der Waals surface area contributed by atoms with Gasteiger partial charge in [0, 0.05) is 29.9 Å². The molecule has 1 N–H and O–H groups in total. The van der Waals surface area contributed by atoms with E-state index in [0.29, 0.717) is 18.0 Å². The third-order valence-corrected chi connectivity index (χ3v) is 4.69. The van der Waals surface area contributed by atoms with Crippen LogP contribution in [-0.2, 0) is 9.59 Å². The first kappa shape index (κ1) is 17.0. The van der Waals surface area contributed by atoms with E-state index in [1.807, 2.05) is 55.5 Å². The molecule has 1 aliphatic heterocycles. The minimum atomic E-state index is -0.382. The van der Waals surface area contributed by atoms with Crippen LogP contribution in [0.25, 0.3) is 11.3 Å². The number of oxazole rings is 1. The largest absolute Gasteiger partial charge is 0.444 e. The molecule has 6 heteroatoms. The summed E-state index contributed by atoms with van der Waals surface area (Å²) in [4.78, 5) is 30.6. The highest BCUT2D eigenvalue weighted by molar-refractivity contribution is 6.03. The van der Waals surface area contributed by atoms with E-state index >= 15 is 0 Å². The second-order valence-corrected chi connectivity index (χ2v) is 6.68. The molecule has 1 aromatic heterocycles. The smallest absolute Gasteiger partial charge is 0.229 e. The zero-order valence-corrected chi connectivity index (χ0v) is 14.9. The lowest BCUT2D eigenvalue weighted by atomic mass is 10.1. The van der Waals surface area contributed by atoms with Gasteiger partial charge in [-0.2, -0.15) is 0 Å². The summed E-state index contributed by atoms with van der Waals surface area (Å²) in [5.74, 6) is 0.0579. The summed E-state index contributed by atoms with van der Waals surface area (Å²) in [7, 11) is 0. The van der Waals surface area contributed by atoms with Crippen molar-refractivity contribution >= 4 is 23.2 Å². The molecule has 1 atom stereocenters. The van der Waals surface area contributed by atoms with E-state index in [2.05, 4.69) is 10.3 Å². The van der Waals surface area contributed by atoms with E-state index in [4.69, 9.17) is 4.42 Å². The topological polar surface area (TPSA) is 75.4 Å². The molecule has 6 nitrogen and oxygen atoms in total. The molecule has 2 amide bonds. The summed E-state index contributed by atoms with van der Waals surface area (Å²) in [5.41, 5.74) is 3.45. The Morgan fingerprint density at radius 1 is 1.22 bits per heavy atom. The second-order valence-electron chi connectivity index (χ2n) is 6.68. The van der Waals surface area contributed by atoms with Gasteiger partial charge in [-0.1, -0.05) is 29.8 Å². The predicted molar refractivity (Wildman–Crippen MR) is 102 cm³/mol. The molecule has 1 unspecified atom stereocenters. The molecule has 2 heterocycles. The fraction of sp³-hybridized carbons (Fsp3) is 0.190. The van der Waals surface area contributed by atoms with Crippen molar-refractivity contribution in [1.82, 2.24) is 4.98 Å². The van der Waals surface area contributed by atoms with Crippen molar-refractivity contribution < 1.29 is 14.0 Å².